The van der Waals surface area contributed by atoms with Gasteiger partial charge in [0.25, 0.3) is 0 Å². The van der Waals surface area contributed by atoms with Crippen LogP contribution in [0.4, 0.5) is 29.3 Å². The molecule has 0 fully saturated rings. The maximum atomic E-state index is 13.4. The molecule has 2 aromatic carbocycles. The average molecular weight is 335 g/mol. The van der Waals surface area contributed by atoms with Gasteiger partial charge in [-0.15, -0.1) is 0 Å². The molecule has 3 nitrogen and oxygen atoms in total. The topological polar surface area (TPSA) is 41.1 Å². The smallest absolute Gasteiger partial charge is 0.308 e. The van der Waals surface area contributed by atoms with Gasteiger partial charge in [-0.2, -0.15) is 0 Å². The summed E-state index contributed by atoms with van der Waals surface area (Å²) < 4.78 is 39.2. The summed E-state index contributed by atoms with van der Waals surface area (Å²) in [5.41, 5.74) is -0.243. The Kier molecular flexibility index (Phi) is 4.59. The van der Waals surface area contributed by atoms with Crippen LogP contribution in [0.25, 0.3) is 0 Å². The predicted molar refractivity (Wildman–Crippen MR) is 75.4 cm³/mol. The van der Waals surface area contributed by atoms with E-state index in [4.69, 9.17) is 23.2 Å². The maximum Gasteiger partial charge on any atom is 0.323 e. The Hall–Kier alpha value is -1.92. The van der Waals surface area contributed by atoms with Crippen LogP contribution in [0.15, 0.2) is 30.3 Å². The third-order valence-corrected chi connectivity index (χ3v) is 2.84. The molecular formula is C13H7Cl2F3N2O. The Morgan fingerprint density at radius 3 is 2.14 bits per heavy atom. The summed E-state index contributed by atoms with van der Waals surface area (Å²) in [4.78, 5) is 11.7. The van der Waals surface area contributed by atoms with Crippen LogP contribution >= 0.6 is 23.2 Å². The molecule has 0 atom stereocenters. The van der Waals surface area contributed by atoms with E-state index in [-0.39, 0.29) is 15.7 Å². The van der Waals surface area contributed by atoms with Crippen LogP contribution in [0, 0.1) is 17.5 Å². The van der Waals surface area contributed by atoms with E-state index in [1.54, 1.807) is 0 Å². The van der Waals surface area contributed by atoms with Crippen molar-refractivity contribution in [1.29, 1.82) is 0 Å². The second-order valence-electron chi connectivity index (χ2n) is 3.96. The molecule has 0 saturated carbocycles. The zero-order valence-corrected chi connectivity index (χ0v) is 11.7. The van der Waals surface area contributed by atoms with Crippen molar-refractivity contribution in [2.24, 2.45) is 0 Å². The summed E-state index contributed by atoms with van der Waals surface area (Å²) in [7, 11) is 0. The molecule has 2 aromatic rings. The molecule has 2 N–H and O–H groups in total. The summed E-state index contributed by atoms with van der Waals surface area (Å²) in [5, 5.41) is 4.96. The van der Waals surface area contributed by atoms with Crippen molar-refractivity contribution in [3.63, 3.8) is 0 Å². The fourth-order valence-electron chi connectivity index (χ4n) is 1.53. The number of halogens is 5. The lowest BCUT2D eigenvalue weighted by Crippen LogP contribution is -2.20. The highest BCUT2D eigenvalue weighted by atomic mass is 35.5. The van der Waals surface area contributed by atoms with Crippen molar-refractivity contribution in [1.82, 2.24) is 0 Å². The molecule has 0 unspecified atom stereocenters. The fraction of sp³-hybridized carbons (Fsp3) is 0. The summed E-state index contributed by atoms with van der Waals surface area (Å²) in [6.45, 7) is 0. The number of nitrogens with one attached hydrogen (secondary N) is 2. The van der Waals surface area contributed by atoms with Crippen LogP contribution in [0.3, 0.4) is 0 Å². The van der Waals surface area contributed by atoms with E-state index in [0.717, 1.165) is 6.07 Å². The van der Waals surface area contributed by atoms with Gasteiger partial charge in [0.15, 0.2) is 17.5 Å². The van der Waals surface area contributed by atoms with Gasteiger partial charge in [0.05, 0.1) is 5.69 Å². The fourth-order valence-corrected chi connectivity index (χ4v) is 2.06. The van der Waals surface area contributed by atoms with Crippen molar-refractivity contribution in [3.05, 3.63) is 57.8 Å². The van der Waals surface area contributed by atoms with Crippen LogP contribution in [0.1, 0.15) is 0 Å². The highest BCUT2D eigenvalue weighted by Crippen LogP contribution is 2.23. The lowest BCUT2D eigenvalue weighted by Gasteiger charge is -2.09. The molecule has 0 heterocycles. The molecule has 0 bridgehead atoms. The number of benzene rings is 2. The lowest BCUT2D eigenvalue weighted by atomic mass is 10.3. The number of carbonyl (C=O) groups excluding carboxylic acids is 1. The van der Waals surface area contributed by atoms with E-state index in [0.29, 0.717) is 6.07 Å². The number of hydrogen-bond donors (Lipinski definition) is 2. The van der Waals surface area contributed by atoms with Gasteiger partial charge in [0.2, 0.25) is 0 Å². The molecule has 0 aromatic heterocycles. The molecule has 0 aliphatic carbocycles. The minimum Gasteiger partial charge on any atom is -0.308 e. The van der Waals surface area contributed by atoms with Crippen molar-refractivity contribution in [2.75, 3.05) is 10.6 Å². The Bertz CT molecular complexity index is 690. The molecule has 2 rings (SSSR count). The van der Waals surface area contributed by atoms with E-state index in [1.807, 2.05) is 5.32 Å². The first-order chi connectivity index (χ1) is 9.86. The van der Waals surface area contributed by atoms with Gasteiger partial charge in [0, 0.05) is 15.7 Å². The van der Waals surface area contributed by atoms with Crippen molar-refractivity contribution in [2.45, 2.75) is 0 Å². The Morgan fingerprint density at radius 2 is 1.52 bits per heavy atom. The molecule has 0 spiro atoms. The van der Waals surface area contributed by atoms with E-state index in [9.17, 15) is 18.0 Å². The lowest BCUT2D eigenvalue weighted by molar-refractivity contribution is 0.262. The van der Waals surface area contributed by atoms with Gasteiger partial charge in [0.1, 0.15) is 0 Å². The predicted octanol–water partition coefficient (Wildman–Crippen LogP) is 5.05. The second-order valence-corrected chi connectivity index (χ2v) is 4.83. The van der Waals surface area contributed by atoms with Crippen LogP contribution in [-0.4, -0.2) is 6.03 Å². The summed E-state index contributed by atoms with van der Waals surface area (Å²) in [6.07, 6.45) is 0. The molecule has 110 valence electrons. The molecular weight excluding hydrogens is 328 g/mol. The maximum absolute atomic E-state index is 13.4. The third-order valence-electron chi connectivity index (χ3n) is 2.40. The van der Waals surface area contributed by atoms with E-state index < -0.39 is 29.2 Å². The zero-order chi connectivity index (χ0) is 15.6. The van der Waals surface area contributed by atoms with Crippen LogP contribution < -0.4 is 10.6 Å². The highest BCUT2D eigenvalue weighted by Gasteiger charge is 2.15. The minimum atomic E-state index is -1.67. The first kappa shape index (κ1) is 15.5. The van der Waals surface area contributed by atoms with E-state index in [2.05, 4.69) is 5.32 Å². The molecule has 0 aliphatic rings. The van der Waals surface area contributed by atoms with E-state index in [1.165, 1.54) is 18.2 Å². The number of rotatable bonds is 2. The minimum absolute atomic E-state index is 0.257. The molecule has 0 radical (unpaired) electrons. The second kappa shape index (κ2) is 6.24. The summed E-state index contributed by atoms with van der Waals surface area (Å²) >= 11 is 11.5. The Balaban J connectivity index is 2.13. The van der Waals surface area contributed by atoms with Gasteiger partial charge in [-0.3, -0.25) is 0 Å². The Morgan fingerprint density at radius 1 is 0.905 bits per heavy atom. The number of hydrogen-bond acceptors (Lipinski definition) is 1. The van der Waals surface area contributed by atoms with E-state index >= 15 is 0 Å². The monoisotopic (exact) mass is 334 g/mol. The number of carbonyl (C=O) groups is 1. The largest absolute Gasteiger partial charge is 0.323 e. The van der Waals surface area contributed by atoms with Gasteiger partial charge in [-0.25, -0.2) is 18.0 Å². The molecule has 21 heavy (non-hydrogen) atoms. The number of urea groups is 1. The summed E-state index contributed by atoms with van der Waals surface area (Å²) in [5.74, 6) is -4.51. The van der Waals surface area contributed by atoms with Gasteiger partial charge in [-0.05, 0) is 30.3 Å². The SMILES string of the molecule is O=C(Nc1cc(Cl)cc(Cl)c1)Nc1ccc(F)c(F)c1F. The van der Waals surface area contributed by atoms with Gasteiger partial charge < -0.3 is 10.6 Å². The summed E-state index contributed by atoms with van der Waals surface area (Å²) in [6, 6.07) is 5.02. The van der Waals surface area contributed by atoms with Crippen LogP contribution in [0.5, 0.6) is 0 Å². The standard InChI is InChI=1S/C13H7Cl2F3N2O/c14-6-3-7(15)5-8(4-6)19-13(21)20-10-2-1-9(16)11(17)12(10)18/h1-5H,(H2,19,20,21). The first-order valence-corrected chi connectivity index (χ1v) is 6.30. The zero-order valence-electron chi connectivity index (χ0n) is 10.2. The van der Waals surface area contributed by atoms with Gasteiger partial charge >= 0.3 is 6.03 Å². The van der Waals surface area contributed by atoms with Crippen molar-refractivity contribution < 1.29 is 18.0 Å². The van der Waals surface area contributed by atoms with Crippen molar-refractivity contribution >= 4 is 40.6 Å². The quantitative estimate of drug-likeness (QED) is 0.741. The van der Waals surface area contributed by atoms with Gasteiger partial charge in [-0.1, -0.05) is 23.2 Å². The third kappa shape index (κ3) is 3.80. The normalized spacial score (nSPS) is 10.3. The Labute approximate surface area is 127 Å². The van der Waals surface area contributed by atoms with Crippen molar-refractivity contribution in [3.8, 4) is 0 Å². The number of anilines is 2. The molecule has 2 amide bonds. The highest BCUT2D eigenvalue weighted by molar-refractivity contribution is 6.35. The first-order valence-electron chi connectivity index (χ1n) is 5.54. The molecule has 0 saturated heterocycles. The number of amides is 2. The molecule has 8 heteroatoms. The van der Waals surface area contributed by atoms with Crippen LogP contribution in [-0.2, 0) is 0 Å². The average Bonchev–Trinajstić information content (AvgIpc) is 2.38. The molecule has 0 aliphatic heterocycles. The van der Waals surface area contributed by atoms with Crippen LogP contribution in [0.2, 0.25) is 10.0 Å².